The second kappa shape index (κ2) is 9.29. The molecule has 2 amide bonds. The van der Waals surface area contributed by atoms with Crippen molar-refractivity contribution in [2.45, 2.75) is 32.2 Å². The molecule has 0 aliphatic carbocycles. The lowest BCUT2D eigenvalue weighted by Gasteiger charge is -2.22. The predicted molar refractivity (Wildman–Crippen MR) is 139 cm³/mol. The van der Waals surface area contributed by atoms with Gasteiger partial charge >= 0.3 is 0 Å². The number of hydrogen-bond donors (Lipinski definition) is 2. The summed E-state index contributed by atoms with van der Waals surface area (Å²) in [5.74, 6) is -1.44. The number of carbonyl (C=O) groups is 2. The first-order chi connectivity index (χ1) is 18.0. The van der Waals surface area contributed by atoms with Crippen LogP contribution in [0.15, 0.2) is 70.3 Å². The number of fused-ring (bicyclic) bond motifs is 2. The second-order valence-electron chi connectivity index (χ2n) is 8.85. The van der Waals surface area contributed by atoms with Crippen LogP contribution in [0.5, 0.6) is 5.88 Å². The first-order valence-electron chi connectivity index (χ1n) is 11.8. The van der Waals surface area contributed by atoms with E-state index in [4.69, 9.17) is 4.74 Å². The number of thiophene rings is 1. The van der Waals surface area contributed by atoms with E-state index in [9.17, 15) is 14.0 Å². The first kappa shape index (κ1) is 23.1. The van der Waals surface area contributed by atoms with Gasteiger partial charge in [-0.25, -0.2) is 14.1 Å². The van der Waals surface area contributed by atoms with Gasteiger partial charge in [-0.05, 0) is 24.4 Å². The van der Waals surface area contributed by atoms with Crippen molar-refractivity contribution in [1.29, 1.82) is 0 Å². The number of nitrogens with one attached hydrogen (secondary N) is 2. The number of aryl methyl sites for hydroxylation is 1. The summed E-state index contributed by atoms with van der Waals surface area (Å²) in [6.07, 6.45) is -0.646. The molecule has 0 fully saturated rings. The zero-order chi connectivity index (χ0) is 25.5. The number of hydrogen-bond acceptors (Lipinski definition) is 6. The van der Waals surface area contributed by atoms with E-state index in [-0.39, 0.29) is 17.4 Å². The van der Waals surface area contributed by atoms with Crippen LogP contribution in [-0.4, -0.2) is 39.6 Å². The fourth-order valence-corrected chi connectivity index (χ4v) is 5.14. The molecule has 2 aliphatic rings. The van der Waals surface area contributed by atoms with E-state index in [1.807, 2.05) is 54.1 Å². The number of benzene rings is 2. The quantitative estimate of drug-likeness (QED) is 0.419. The van der Waals surface area contributed by atoms with Crippen LogP contribution in [0.3, 0.4) is 0 Å². The van der Waals surface area contributed by atoms with Crippen LogP contribution in [0.4, 0.5) is 10.1 Å². The molecule has 0 spiro atoms. The molecule has 2 aromatic heterocycles. The highest BCUT2D eigenvalue weighted by molar-refractivity contribution is 7.08. The van der Waals surface area contributed by atoms with Gasteiger partial charge in [0.05, 0.1) is 17.5 Å². The van der Waals surface area contributed by atoms with Gasteiger partial charge in [-0.15, -0.1) is 0 Å². The molecule has 6 rings (SSSR count). The molecule has 8 nitrogen and oxygen atoms in total. The molecule has 2 aromatic carbocycles. The van der Waals surface area contributed by atoms with Crippen molar-refractivity contribution in [1.82, 2.24) is 15.1 Å². The Kier molecular flexibility index (Phi) is 5.80. The Bertz CT molecular complexity index is 1530. The number of benzodiazepines with no additional fused rings is 1. The average molecular weight is 516 g/mol. The minimum absolute atomic E-state index is 0.0193. The van der Waals surface area contributed by atoms with Gasteiger partial charge in [-0.2, -0.15) is 16.4 Å². The standard InChI is InChI=1S/C27H22FN5O3S/c1-15-10-12-33-27(36-15)20(22(32-33)17-11-13-37-14-17)25(34)31-24-26(35)30-23-18(8-5-9-19(23)28)21(29-24)16-6-3-2-4-7-16/h2-9,11,13-15,24H,10,12H2,1H3,(H,30,35)(H,31,34)/t15-,24-/m1/s1. The molecule has 0 unspecified atom stereocenters. The van der Waals surface area contributed by atoms with Gasteiger partial charge in [0.25, 0.3) is 11.8 Å². The maximum atomic E-state index is 14.8. The van der Waals surface area contributed by atoms with Crippen molar-refractivity contribution in [3.63, 3.8) is 0 Å². The number of halogens is 1. The van der Waals surface area contributed by atoms with Crippen LogP contribution in [0, 0.1) is 5.82 Å². The second-order valence-corrected chi connectivity index (χ2v) is 9.63. The number of para-hydroxylation sites is 1. The van der Waals surface area contributed by atoms with Crippen LogP contribution in [-0.2, 0) is 11.3 Å². The molecule has 10 heteroatoms. The van der Waals surface area contributed by atoms with Crippen molar-refractivity contribution in [2.75, 3.05) is 5.32 Å². The Labute approximate surface area is 215 Å². The number of amides is 2. The van der Waals surface area contributed by atoms with E-state index >= 15 is 0 Å². The summed E-state index contributed by atoms with van der Waals surface area (Å²) in [4.78, 5) is 31.6. The lowest BCUT2D eigenvalue weighted by Crippen LogP contribution is -2.42. The van der Waals surface area contributed by atoms with Crippen LogP contribution in [0.1, 0.15) is 34.8 Å². The van der Waals surface area contributed by atoms with Crippen molar-refractivity contribution < 1.29 is 18.7 Å². The van der Waals surface area contributed by atoms with Gasteiger partial charge < -0.3 is 15.4 Å². The summed E-state index contributed by atoms with van der Waals surface area (Å²) in [6, 6.07) is 15.5. The normalized spacial score (nSPS) is 18.5. The predicted octanol–water partition coefficient (Wildman–Crippen LogP) is 4.47. The Morgan fingerprint density at radius 1 is 1.16 bits per heavy atom. The SMILES string of the molecule is C[C@@H]1CCn2nc(-c3ccsc3)c(C(=O)N[C@H]3N=C(c4ccccc4)c4cccc(F)c4NC3=O)c2O1. The van der Waals surface area contributed by atoms with Gasteiger partial charge in [-0.3, -0.25) is 9.59 Å². The fraction of sp³-hybridized carbons (Fsp3) is 0.185. The first-order valence-corrected chi connectivity index (χ1v) is 12.8. The lowest BCUT2D eigenvalue weighted by atomic mass is 10.0. The topological polar surface area (TPSA) is 97.6 Å². The molecule has 2 N–H and O–H groups in total. The highest BCUT2D eigenvalue weighted by Gasteiger charge is 2.34. The smallest absolute Gasteiger partial charge is 0.269 e. The number of rotatable bonds is 4. The molecular weight excluding hydrogens is 493 g/mol. The van der Waals surface area contributed by atoms with Crippen molar-refractivity contribution in [3.05, 3.63) is 87.9 Å². The highest BCUT2D eigenvalue weighted by Crippen LogP contribution is 2.35. The van der Waals surface area contributed by atoms with Gasteiger partial charge in [0.15, 0.2) is 0 Å². The zero-order valence-corrected chi connectivity index (χ0v) is 20.6. The summed E-state index contributed by atoms with van der Waals surface area (Å²) < 4.78 is 22.5. The molecule has 186 valence electrons. The number of carbonyl (C=O) groups excluding carboxylic acids is 2. The van der Waals surface area contributed by atoms with E-state index in [0.29, 0.717) is 35.0 Å². The molecular formula is C27H22FN5O3S. The largest absolute Gasteiger partial charge is 0.474 e. The van der Waals surface area contributed by atoms with Crippen molar-refractivity contribution >= 4 is 34.6 Å². The van der Waals surface area contributed by atoms with Crippen molar-refractivity contribution in [2.24, 2.45) is 4.99 Å². The molecule has 0 saturated heterocycles. The van der Waals surface area contributed by atoms with E-state index in [2.05, 4.69) is 20.7 Å². The number of aromatic nitrogens is 2. The Morgan fingerprint density at radius 2 is 2.00 bits per heavy atom. The number of anilines is 1. The summed E-state index contributed by atoms with van der Waals surface area (Å²) >= 11 is 1.49. The van der Waals surface area contributed by atoms with E-state index in [1.165, 1.54) is 17.4 Å². The van der Waals surface area contributed by atoms with Crippen LogP contribution < -0.4 is 15.4 Å². The van der Waals surface area contributed by atoms with E-state index < -0.39 is 23.8 Å². The minimum Gasteiger partial charge on any atom is -0.474 e. The number of ether oxygens (including phenoxy) is 1. The van der Waals surface area contributed by atoms with Crippen LogP contribution >= 0.6 is 11.3 Å². The maximum absolute atomic E-state index is 14.8. The van der Waals surface area contributed by atoms with Gasteiger partial charge in [0.1, 0.15) is 17.1 Å². The van der Waals surface area contributed by atoms with Gasteiger partial charge in [0.2, 0.25) is 12.0 Å². The summed E-state index contributed by atoms with van der Waals surface area (Å²) in [5, 5.41) is 13.8. The molecule has 0 radical (unpaired) electrons. The van der Waals surface area contributed by atoms with E-state index in [0.717, 1.165) is 12.0 Å². The third-order valence-corrected chi connectivity index (χ3v) is 7.01. The maximum Gasteiger partial charge on any atom is 0.269 e. The Hall–Kier alpha value is -4.31. The lowest BCUT2D eigenvalue weighted by molar-refractivity contribution is -0.117. The molecule has 0 bridgehead atoms. The zero-order valence-electron chi connectivity index (χ0n) is 19.8. The molecule has 2 aliphatic heterocycles. The monoisotopic (exact) mass is 515 g/mol. The van der Waals surface area contributed by atoms with Crippen LogP contribution in [0.2, 0.25) is 0 Å². The third-order valence-electron chi connectivity index (χ3n) is 6.33. The summed E-state index contributed by atoms with van der Waals surface area (Å²) in [5.41, 5.74) is 3.01. The third kappa shape index (κ3) is 4.19. The molecule has 37 heavy (non-hydrogen) atoms. The molecule has 0 saturated carbocycles. The van der Waals surface area contributed by atoms with Gasteiger partial charge in [0, 0.05) is 35.0 Å². The Morgan fingerprint density at radius 3 is 2.78 bits per heavy atom. The molecule has 4 heterocycles. The minimum atomic E-state index is -1.32. The van der Waals surface area contributed by atoms with Crippen LogP contribution in [0.25, 0.3) is 11.3 Å². The molecule has 2 atom stereocenters. The number of aliphatic imine (C=N–C) groups is 1. The average Bonchev–Trinajstić information content (AvgIpc) is 3.53. The summed E-state index contributed by atoms with van der Waals surface area (Å²) in [7, 11) is 0. The van der Waals surface area contributed by atoms with E-state index in [1.54, 1.807) is 16.8 Å². The number of nitrogens with zero attached hydrogens (tertiary/aromatic N) is 3. The summed E-state index contributed by atoms with van der Waals surface area (Å²) in [6.45, 7) is 2.54. The highest BCUT2D eigenvalue weighted by atomic mass is 32.1. The van der Waals surface area contributed by atoms with Gasteiger partial charge in [-0.1, -0.05) is 42.5 Å². The Balaban J connectivity index is 1.42. The molecule has 4 aromatic rings. The van der Waals surface area contributed by atoms with Crippen molar-refractivity contribution in [3.8, 4) is 17.1 Å². The fourth-order valence-electron chi connectivity index (χ4n) is 4.49.